The predicted octanol–water partition coefficient (Wildman–Crippen LogP) is 4.97. The topological polar surface area (TPSA) is 35.2 Å². The molecule has 1 atom stereocenters. The summed E-state index contributed by atoms with van der Waals surface area (Å²) in [6.45, 7) is 4.22. The van der Waals surface area contributed by atoms with Crippen molar-refractivity contribution in [2.75, 3.05) is 7.11 Å². The minimum absolute atomic E-state index is 0.169. The fourth-order valence-corrected chi connectivity index (χ4v) is 3.36. The van der Waals surface area contributed by atoms with Crippen molar-refractivity contribution in [3.8, 4) is 5.75 Å². The Morgan fingerprint density at radius 2 is 1.90 bits per heavy atom. The van der Waals surface area contributed by atoms with Crippen LogP contribution in [0.4, 0.5) is 0 Å². The maximum absolute atomic E-state index is 6.37. The highest BCUT2D eigenvalue weighted by Gasteiger charge is 2.16. The molecule has 1 unspecified atom stereocenters. The number of halogens is 2. The van der Waals surface area contributed by atoms with Gasteiger partial charge in [-0.1, -0.05) is 29.8 Å². The van der Waals surface area contributed by atoms with E-state index in [1.807, 2.05) is 12.1 Å². The Morgan fingerprint density at radius 1 is 1.19 bits per heavy atom. The first-order valence-electron chi connectivity index (χ1n) is 6.77. The van der Waals surface area contributed by atoms with Gasteiger partial charge < -0.3 is 10.5 Å². The van der Waals surface area contributed by atoms with E-state index in [-0.39, 0.29) is 6.04 Å². The fraction of sp³-hybridized carbons (Fsp3) is 0.294. The van der Waals surface area contributed by atoms with Crippen molar-refractivity contribution in [3.05, 3.63) is 62.1 Å². The zero-order valence-corrected chi connectivity index (χ0v) is 14.8. The van der Waals surface area contributed by atoms with Crippen LogP contribution >= 0.6 is 27.5 Å². The lowest BCUT2D eigenvalue weighted by Crippen LogP contribution is -2.15. The van der Waals surface area contributed by atoms with Crippen LogP contribution in [0.5, 0.6) is 5.75 Å². The predicted molar refractivity (Wildman–Crippen MR) is 92.3 cm³/mol. The van der Waals surface area contributed by atoms with Crippen LogP contribution < -0.4 is 10.5 Å². The second-order valence-corrected chi connectivity index (χ2v) is 6.53. The van der Waals surface area contributed by atoms with Gasteiger partial charge in [0.15, 0.2) is 0 Å². The molecule has 0 aliphatic carbocycles. The molecule has 2 aromatic carbocycles. The molecule has 4 heteroatoms. The summed E-state index contributed by atoms with van der Waals surface area (Å²) in [6.07, 6.45) is 0.740. The molecule has 0 bridgehead atoms. The van der Waals surface area contributed by atoms with Gasteiger partial charge in [0.2, 0.25) is 0 Å². The third-order valence-corrected chi connectivity index (χ3v) is 4.47. The van der Waals surface area contributed by atoms with E-state index in [9.17, 15) is 0 Å². The van der Waals surface area contributed by atoms with E-state index in [1.165, 1.54) is 16.7 Å². The van der Waals surface area contributed by atoms with E-state index in [2.05, 4.69) is 48.0 Å². The lowest BCUT2D eigenvalue weighted by molar-refractivity contribution is 0.403. The van der Waals surface area contributed by atoms with E-state index in [0.717, 1.165) is 22.2 Å². The van der Waals surface area contributed by atoms with Crippen molar-refractivity contribution >= 4 is 27.5 Å². The minimum Gasteiger partial charge on any atom is -0.495 e. The average molecular weight is 369 g/mol. The Hall–Kier alpha value is -1.03. The number of ether oxygens (including phenoxy) is 1. The summed E-state index contributed by atoms with van der Waals surface area (Å²) < 4.78 is 6.27. The van der Waals surface area contributed by atoms with Crippen molar-refractivity contribution in [3.63, 3.8) is 0 Å². The first-order valence-corrected chi connectivity index (χ1v) is 7.94. The molecular formula is C17H19BrClNO. The molecule has 0 heterocycles. The second kappa shape index (κ2) is 6.82. The van der Waals surface area contributed by atoms with Gasteiger partial charge in [-0.25, -0.2) is 0 Å². The highest BCUT2D eigenvalue weighted by atomic mass is 79.9. The molecule has 0 amide bonds. The van der Waals surface area contributed by atoms with Crippen LogP contribution in [0.15, 0.2) is 34.8 Å². The zero-order valence-electron chi connectivity index (χ0n) is 12.4. The monoisotopic (exact) mass is 367 g/mol. The van der Waals surface area contributed by atoms with Crippen molar-refractivity contribution in [1.29, 1.82) is 0 Å². The first-order chi connectivity index (χ1) is 9.92. The SMILES string of the molecule is COc1c(Br)cc(Cl)cc1C(N)Cc1ccc(C)c(C)c1. The summed E-state index contributed by atoms with van der Waals surface area (Å²) in [7, 11) is 1.64. The molecule has 112 valence electrons. The van der Waals surface area contributed by atoms with Crippen LogP contribution in [0, 0.1) is 13.8 Å². The van der Waals surface area contributed by atoms with Crippen LogP contribution in [0.1, 0.15) is 28.3 Å². The van der Waals surface area contributed by atoms with Crippen molar-refractivity contribution in [1.82, 2.24) is 0 Å². The number of nitrogens with two attached hydrogens (primary N) is 1. The quantitative estimate of drug-likeness (QED) is 0.827. The highest BCUT2D eigenvalue weighted by molar-refractivity contribution is 9.10. The van der Waals surface area contributed by atoms with Crippen LogP contribution in [0.3, 0.4) is 0 Å². The molecule has 2 aromatic rings. The summed E-state index contributed by atoms with van der Waals surface area (Å²) in [5.74, 6) is 0.746. The maximum atomic E-state index is 6.37. The van der Waals surface area contributed by atoms with Crippen LogP contribution in [0.2, 0.25) is 5.02 Å². The molecular weight excluding hydrogens is 350 g/mol. The Labute approximate surface area is 139 Å². The molecule has 21 heavy (non-hydrogen) atoms. The van der Waals surface area contributed by atoms with E-state index >= 15 is 0 Å². The first kappa shape index (κ1) is 16.3. The number of hydrogen-bond donors (Lipinski definition) is 1. The van der Waals surface area contributed by atoms with E-state index in [0.29, 0.717) is 5.02 Å². The van der Waals surface area contributed by atoms with E-state index in [1.54, 1.807) is 7.11 Å². The van der Waals surface area contributed by atoms with Gasteiger partial charge in [-0.15, -0.1) is 0 Å². The normalized spacial score (nSPS) is 12.3. The van der Waals surface area contributed by atoms with Gasteiger partial charge in [-0.2, -0.15) is 0 Å². The van der Waals surface area contributed by atoms with Crippen LogP contribution in [0.25, 0.3) is 0 Å². The summed E-state index contributed by atoms with van der Waals surface area (Å²) in [5, 5.41) is 0.646. The van der Waals surface area contributed by atoms with Crippen molar-refractivity contribution in [2.45, 2.75) is 26.3 Å². The van der Waals surface area contributed by atoms with Gasteiger partial charge in [0.05, 0.1) is 11.6 Å². The Kier molecular flexibility index (Phi) is 5.31. The van der Waals surface area contributed by atoms with Gasteiger partial charge in [0.25, 0.3) is 0 Å². The number of hydrogen-bond acceptors (Lipinski definition) is 2. The highest BCUT2D eigenvalue weighted by Crippen LogP contribution is 2.36. The number of methoxy groups -OCH3 is 1. The largest absolute Gasteiger partial charge is 0.495 e. The Bertz CT molecular complexity index is 657. The summed E-state index contributed by atoms with van der Waals surface area (Å²) in [4.78, 5) is 0. The number of aryl methyl sites for hydroxylation is 2. The molecule has 0 aliphatic rings. The Morgan fingerprint density at radius 3 is 2.52 bits per heavy atom. The molecule has 0 radical (unpaired) electrons. The van der Waals surface area contributed by atoms with Crippen LogP contribution in [-0.2, 0) is 6.42 Å². The number of rotatable bonds is 4. The van der Waals surface area contributed by atoms with Gasteiger partial charge in [0, 0.05) is 16.6 Å². The molecule has 2 rings (SSSR count). The second-order valence-electron chi connectivity index (χ2n) is 5.24. The molecule has 0 spiro atoms. The van der Waals surface area contributed by atoms with E-state index < -0.39 is 0 Å². The molecule has 0 aromatic heterocycles. The van der Waals surface area contributed by atoms with Crippen molar-refractivity contribution < 1.29 is 4.74 Å². The summed E-state index contributed by atoms with van der Waals surface area (Å²) in [6, 6.07) is 9.94. The minimum atomic E-state index is -0.169. The van der Waals surface area contributed by atoms with Gasteiger partial charge >= 0.3 is 0 Å². The maximum Gasteiger partial charge on any atom is 0.137 e. The van der Waals surface area contributed by atoms with Crippen molar-refractivity contribution in [2.24, 2.45) is 5.73 Å². The molecule has 0 saturated carbocycles. The van der Waals surface area contributed by atoms with Gasteiger partial charge in [0.1, 0.15) is 5.75 Å². The molecule has 0 fully saturated rings. The molecule has 2 nitrogen and oxygen atoms in total. The summed E-state index contributed by atoms with van der Waals surface area (Å²) >= 11 is 9.60. The summed E-state index contributed by atoms with van der Waals surface area (Å²) in [5.41, 5.74) is 11.1. The van der Waals surface area contributed by atoms with Crippen LogP contribution in [-0.4, -0.2) is 7.11 Å². The van der Waals surface area contributed by atoms with E-state index in [4.69, 9.17) is 22.1 Å². The zero-order chi connectivity index (χ0) is 15.6. The molecule has 2 N–H and O–H groups in total. The van der Waals surface area contributed by atoms with Gasteiger partial charge in [-0.05, 0) is 65.0 Å². The van der Waals surface area contributed by atoms with Gasteiger partial charge in [-0.3, -0.25) is 0 Å². The smallest absolute Gasteiger partial charge is 0.137 e. The lowest BCUT2D eigenvalue weighted by atomic mass is 9.96. The molecule has 0 aliphatic heterocycles. The average Bonchev–Trinajstić information content (AvgIpc) is 2.42. The Balaban J connectivity index is 2.31. The third-order valence-electron chi connectivity index (χ3n) is 3.67. The standard InChI is InChI=1S/C17H19BrClNO/c1-10-4-5-12(6-11(10)2)7-16(20)14-8-13(19)9-15(18)17(14)21-3/h4-6,8-9,16H,7,20H2,1-3H3. The number of benzene rings is 2. The fourth-order valence-electron chi connectivity index (χ4n) is 2.37. The third kappa shape index (κ3) is 3.79. The lowest BCUT2D eigenvalue weighted by Gasteiger charge is -2.18. The molecule has 0 saturated heterocycles.